The normalized spacial score (nSPS) is 11.9. The number of hydrogen-bond donors (Lipinski definition) is 0. The Bertz CT molecular complexity index is 594. The fourth-order valence-corrected chi connectivity index (χ4v) is 2.05. The van der Waals surface area contributed by atoms with Crippen molar-refractivity contribution >= 4 is 43.5 Å². The first kappa shape index (κ1) is 14.7. The van der Waals surface area contributed by atoms with Crippen molar-refractivity contribution < 1.29 is 13.2 Å². The third-order valence-electron chi connectivity index (χ3n) is 2.10. The van der Waals surface area contributed by atoms with Gasteiger partial charge in [0.05, 0.1) is 12.1 Å². The fraction of sp³-hybridized carbons (Fsp3) is 0.222. The van der Waals surface area contributed by atoms with E-state index >= 15 is 0 Å². The van der Waals surface area contributed by atoms with Crippen molar-refractivity contribution in [2.45, 2.75) is 12.7 Å². The highest BCUT2D eigenvalue weighted by Crippen LogP contribution is 2.34. The highest BCUT2D eigenvalue weighted by molar-refractivity contribution is 9.13. The topological polar surface area (TPSA) is 43.6 Å². The number of pyridine rings is 1. The Morgan fingerprint density at radius 2 is 1.79 bits per heavy atom. The van der Waals surface area contributed by atoms with Crippen molar-refractivity contribution in [1.29, 1.82) is 0 Å². The Balaban J connectivity index is 2.31. The zero-order valence-electron chi connectivity index (χ0n) is 8.92. The summed E-state index contributed by atoms with van der Waals surface area (Å²) >= 11 is 11.7. The Morgan fingerprint density at radius 3 is 2.32 bits per heavy atom. The van der Waals surface area contributed by atoms with E-state index in [0.29, 0.717) is 14.8 Å². The molecular weight excluding hydrogens is 416 g/mol. The second-order valence-electron chi connectivity index (χ2n) is 3.49. The van der Waals surface area contributed by atoms with Gasteiger partial charge in [-0.15, -0.1) is 10.2 Å². The Hall–Kier alpha value is -0.670. The summed E-state index contributed by atoms with van der Waals surface area (Å²) in [5, 5.41) is 7.33. The number of alkyl halides is 3. The molecule has 0 unspecified atom stereocenters. The lowest BCUT2D eigenvalue weighted by atomic mass is 10.2. The van der Waals surface area contributed by atoms with E-state index in [1.54, 1.807) is 0 Å². The summed E-state index contributed by atoms with van der Waals surface area (Å²) in [5.41, 5.74) is -0.677. The second-order valence-corrected chi connectivity index (χ2v) is 5.35. The second kappa shape index (κ2) is 5.37. The molecule has 0 atom stereocenters. The van der Waals surface area contributed by atoms with Crippen LogP contribution in [-0.4, -0.2) is 20.0 Å². The summed E-state index contributed by atoms with van der Waals surface area (Å²) in [7, 11) is 0. The molecule has 102 valence electrons. The van der Waals surface area contributed by atoms with Gasteiger partial charge in [-0.05, 0) is 43.5 Å². The lowest BCUT2D eigenvalue weighted by Gasteiger charge is -2.09. The van der Waals surface area contributed by atoms with Crippen molar-refractivity contribution in [3.05, 3.63) is 37.7 Å². The van der Waals surface area contributed by atoms with Gasteiger partial charge in [0.1, 0.15) is 5.15 Å². The van der Waals surface area contributed by atoms with Crippen molar-refractivity contribution in [2.24, 2.45) is 0 Å². The molecule has 0 bridgehead atoms. The van der Waals surface area contributed by atoms with Gasteiger partial charge in [-0.25, -0.2) is 4.98 Å². The van der Waals surface area contributed by atoms with E-state index < -0.39 is 16.9 Å². The van der Waals surface area contributed by atoms with Gasteiger partial charge in [0.15, 0.2) is 9.21 Å². The maximum atomic E-state index is 12.7. The van der Waals surface area contributed by atoms with Gasteiger partial charge >= 0.3 is 6.18 Å². The highest BCUT2D eigenvalue weighted by atomic mass is 79.9. The minimum absolute atomic E-state index is 0.0530. The van der Waals surface area contributed by atoms with Crippen LogP contribution in [0.4, 0.5) is 13.2 Å². The molecule has 4 nitrogen and oxygen atoms in total. The van der Waals surface area contributed by atoms with Gasteiger partial charge in [0, 0.05) is 6.20 Å². The lowest BCUT2D eigenvalue weighted by molar-refractivity contribution is -0.137. The molecule has 0 N–H and O–H groups in total. The van der Waals surface area contributed by atoms with Crippen LogP contribution in [0.3, 0.4) is 0 Å². The quantitative estimate of drug-likeness (QED) is 0.692. The van der Waals surface area contributed by atoms with E-state index in [4.69, 9.17) is 11.6 Å². The third kappa shape index (κ3) is 3.46. The number of nitrogens with zero attached hydrogens (tertiary/aromatic N) is 4. The minimum atomic E-state index is -4.54. The van der Waals surface area contributed by atoms with E-state index in [1.165, 1.54) is 11.0 Å². The van der Waals surface area contributed by atoms with Crippen molar-refractivity contribution in [3.8, 4) is 0 Å². The number of rotatable bonds is 2. The number of hydrogen-bond acceptors (Lipinski definition) is 3. The number of halogens is 6. The zero-order valence-corrected chi connectivity index (χ0v) is 12.8. The summed E-state index contributed by atoms with van der Waals surface area (Å²) in [6.07, 6.45) is -3.29. The molecule has 0 aromatic carbocycles. The molecule has 0 aliphatic carbocycles. The molecule has 2 aromatic heterocycles. The predicted molar refractivity (Wildman–Crippen MR) is 68.8 cm³/mol. The fourth-order valence-electron chi connectivity index (χ4n) is 1.32. The molecule has 0 saturated heterocycles. The van der Waals surface area contributed by atoms with Crippen molar-refractivity contribution in [2.75, 3.05) is 0 Å². The molecule has 0 fully saturated rings. The molecule has 0 aliphatic heterocycles. The molecule has 19 heavy (non-hydrogen) atoms. The summed E-state index contributed by atoms with van der Waals surface area (Å²) < 4.78 is 38.9. The minimum Gasteiger partial charge on any atom is -0.244 e. The Morgan fingerprint density at radius 1 is 1.21 bits per heavy atom. The first-order valence-electron chi connectivity index (χ1n) is 4.75. The molecule has 0 radical (unpaired) electrons. The average molecular weight is 420 g/mol. The maximum Gasteiger partial charge on any atom is 0.419 e. The molecule has 10 heteroatoms. The predicted octanol–water partition coefficient (Wildman–Crippen LogP) is 3.92. The van der Waals surface area contributed by atoms with Crippen LogP contribution in [0.2, 0.25) is 5.15 Å². The molecule has 2 rings (SSSR count). The van der Waals surface area contributed by atoms with Crippen LogP contribution in [0, 0.1) is 0 Å². The molecule has 2 heterocycles. The Kier molecular flexibility index (Phi) is 4.17. The van der Waals surface area contributed by atoms with Crippen molar-refractivity contribution in [3.63, 3.8) is 0 Å². The first-order valence-corrected chi connectivity index (χ1v) is 6.71. The van der Waals surface area contributed by atoms with Gasteiger partial charge in [0.25, 0.3) is 0 Å². The van der Waals surface area contributed by atoms with Gasteiger partial charge in [0.2, 0.25) is 0 Å². The monoisotopic (exact) mass is 418 g/mol. The van der Waals surface area contributed by atoms with Crippen LogP contribution in [0.15, 0.2) is 21.5 Å². The van der Waals surface area contributed by atoms with E-state index in [2.05, 4.69) is 47.0 Å². The maximum absolute atomic E-state index is 12.7. The van der Waals surface area contributed by atoms with Crippen LogP contribution in [0.1, 0.15) is 11.1 Å². The van der Waals surface area contributed by atoms with Crippen LogP contribution in [0.25, 0.3) is 0 Å². The van der Waals surface area contributed by atoms with E-state index in [9.17, 15) is 13.2 Å². The first-order chi connectivity index (χ1) is 8.77. The average Bonchev–Trinajstić information content (AvgIpc) is 2.59. The smallest absolute Gasteiger partial charge is 0.244 e. The lowest BCUT2D eigenvalue weighted by Crippen LogP contribution is -2.10. The van der Waals surface area contributed by atoms with Crippen LogP contribution < -0.4 is 0 Å². The molecule has 2 aromatic rings. The van der Waals surface area contributed by atoms with Gasteiger partial charge in [-0.3, -0.25) is 0 Å². The molecule has 0 spiro atoms. The summed E-state index contributed by atoms with van der Waals surface area (Å²) in [4.78, 5) is 4.76. The summed E-state index contributed by atoms with van der Waals surface area (Å²) in [6, 6.07) is 0.931. The van der Waals surface area contributed by atoms with E-state index in [-0.39, 0.29) is 6.54 Å². The Labute approximate surface area is 127 Å². The van der Waals surface area contributed by atoms with Crippen LogP contribution in [0.5, 0.6) is 0 Å². The molecule has 0 aliphatic rings. The van der Waals surface area contributed by atoms with E-state index in [1.807, 2.05) is 0 Å². The molecule has 0 saturated carbocycles. The standard InChI is InChI=1S/C9H4Br2ClF3N4/c10-6-7(11)18-19(17-6)3-4-1-5(9(13,14)15)8(12)16-2-4/h1-2H,3H2. The zero-order chi connectivity index (χ0) is 14.2. The summed E-state index contributed by atoms with van der Waals surface area (Å²) in [5.74, 6) is 0. The third-order valence-corrected chi connectivity index (χ3v) is 4.00. The van der Waals surface area contributed by atoms with Crippen LogP contribution in [-0.2, 0) is 12.7 Å². The summed E-state index contributed by atoms with van der Waals surface area (Å²) in [6.45, 7) is 0.0530. The van der Waals surface area contributed by atoms with Crippen molar-refractivity contribution in [1.82, 2.24) is 20.0 Å². The largest absolute Gasteiger partial charge is 0.419 e. The van der Waals surface area contributed by atoms with Gasteiger partial charge in [-0.1, -0.05) is 11.6 Å². The SMILES string of the molecule is FC(F)(F)c1cc(Cn2nc(Br)c(Br)n2)cnc1Cl. The van der Waals surface area contributed by atoms with Crippen LogP contribution >= 0.6 is 43.5 Å². The molecular formula is C9H4Br2ClF3N4. The molecule has 0 amide bonds. The van der Waals surface area contributed by atoms with Gasteiger partial charge < -0.3 is 0 Å². The highest BCUT2D eigenvalue weighted by Gasteiger charge is 2.34. The van der Waals surface area contributed by atoms with Gasteiger partial charge in [-0.2, -0.15) is 18.0 Å². The van der Waals surface area contributed by atoms with E-state index in [0.717, 1.165) is 6.07 Å². The number of aromatic nitrogens is 4.